The van der Waals surface area contributed by atoms with Crippen LogP contribution in [0.5, 0.6) is 5.75 Å². The molecule has 0 saturated carbocycles. The molecule has 0 bridgehead atoms. The van der Waals surface area contributed by atoms with E-state index >= 15 is 0 Å². The van der Waals surface area contributed by atoms with Crippen molar-refractivity contribution < 1.29 is 19.1 Å². The van der Waals surface area contributed by atoms with Gasteiger partial charge in [-0.1, -0.05) is 30.3 Å². The second kappa shape index (κ2) is 11.0. The third-order valence-electron chi connectivity index (χ3n) is 6.71. The number of hydrogen-bond acceptors (Lipinski definition) is 7. The van der Waals surface area contributed by atoms with E-state index in [2.05, 4.69) is 22.8 Å². The summed E-state index contributed by atoms with van der Waals surface area (Å²) in [5.41, 5.74) is 5.87. The molecule has 9 nitrogen and oxygen atoms in total. The number of likely N-dealkylation sites (tertiary alicyclic amines) is 1. The van der Waals surface area contributed by atoms with Crippen LogP contribution in [0.4, 0.5) is 0 Å². The number of hydrogen-bond donors (Lipinski definition) is 2. The van der Waals surface area contributed by atoms with Crippen LogP contribution in [0, 0.1) is 0 Å². The number of rotatable bonds is 10. The average molecular weight is 480 g/mol. The van der Waals surface area contributed by atoms with Crippen molar-refractivity contribution in [2.24, 2.45) is 0 Å². The zero-order chi connectivity index (χ0) is 24.8. The second-order valence-corrected chi connectivity index (χ2v) is 9.44. The van der Waals surface area contributed by atoms with Crippen molar-refractivity contribution in [2.75, 3.05) is 26.7 Å². The van der Waals surface area contributed by atoms with Crippen LogP contribution < -0.4 is 15.6 Å². The van der Waals surface area contributed by atoms with Crippen molar-refractivity contribution in [1.29, 1.82) is 0 Å². The lowest BCUT2D eigenvalue weighted by Crippen LogP contribution is -2.46. The third kappa shape index (κ3) is 5.68. The Morgan fingerprint density at radius 2 is 2.00 bits per heavy atom. The Morgan fingerprint density at radius 3 is 2.69 bits per heavy atom. The molecular weight excluding hydrogens is 446 g/mol. The van der Waals surface area contributed by atoms with E-state index in [0.717, 1.165) is 6.42 Å². The maximum Gasteiger partial charge on any atom is 0.240 e. The number of ether oxygens (including phenoxy) is 1. The standard InChI is InChI=1S/C26H33N5O4/c1-19-14-21(29-28-19)18-30(2)23(32)15-26(20-8-4-3-5-9-20)16-24(33)31(25(26)34)12-7-13-35-22-10-6-11-27-17-22/h3-6,8-11,17,19,21,28-29H,7,12-16,18H2,1-2H3. The molecule has 2 aromatic rings. The predicted molar refractivity (Wildman–Crippen MR) is 130 cm³/mol. The molecule has 3 atom stereocenters. The lowest BCUT2D eigenvalue weighted by atomic mass is 9.75. The summed E-state index contributed by atoms with van der Waals surface area (Å²) in [6.45, 7) is 3.20. The van der Waals surface area contributed by atoms with Crippen LogP contribution in [0.15, 0.2) is 54.9 Å². The molecule has 1 aromatic heterocycles. The summed E-state index contributed by atoms with van der Waals surface area (Å²) in [6.07, 6.45) is 4.62. The molecule has 2 saturated heterocycles. The molecule has 3 unspecified atom stereocenters. The second-order valence-electron chi connectivity index (χ2n) is 9.44. The van der Waals surface area contributed by atoms with E-state index in [1.54, 1.807) is 36.5 Å². The molecule has 0 aliphatic carbocycles. The van der Waals surface area contributed by atoms with Gasteiger partial charge in [-0.05, 0) is 37.5 Å². The maximum atomic E-state index is 13.7. The fraction of sp³-hybridized carbons (Fsp3) is 0.462. The molecule has 0 spiro atoms. The van der Waals surface area contributed by atoms with E-state index < -0.39 is 5.41 Å². The first kappa shape index (κ1) is 24.8. The molecule has 186 valence electrons. The number of pyridine rings is 1. The summed E-state index contributed by atoms with van der Waals surface area (Å²) < 4.78 is 5.66. The van der Waals surface area contributed by atoms with Crippen molar-refractivity contribution in [1.82, 2.24) is 25.6 Å². The highest BCUT2D eigenvalue weighted by atomic mass is 16.5. The molecular formula is C26H33N5O4. The summed E-state index contributed by atoms with van der Waals surface area (Å²) >= 11 is 0. The monoisotopic (exact) mass is 479 g/mol. The highest BCUT2D eigenvalue weighted by Crippen LogP contribution is 2.40. The average Bonchev–Trinajstić information content (AvgIpc) is 3.38. The lowest BCUT2D eigenvalue weighted by molar-refractivity contribution is -0.142. The van der Waals surface area contributed by atoms with Crippen LogP contribution in [-0.4, -0.2) is 71.3 Å². The number of hydrazine groups is 1. The Bertz CT molecular complexity index is 1030. The minimum atomic E-state index is -1.19. The predicted octanol–water partition coefficient (Wildman–Crippen LogP) is 1.65. The Balaban J connectivity index is 1.44. The van der Waals surface area contributed by atoms with Crippen molar-refractivity contribution in [3.05, 3.63) is 60.4 Å². The van der Waals surface area contributed by atoms with Crippen molar-refractivity contribution in [3.63, 3.8) is 0 Å². The van der Waals surface area contributed by atoms with Gasteiger partial charge in [0.15, 0.2) is 0 Å². The molecule has 35 heavy (non-hydrogen) atoms. The third-order valence-corrected chi connectivity index (χ3v) is 6.71. The van der Waals surface area contributed by atoms with Crippen molar-refractivity contribution in [3.8, 4) is 5.75 Å². The number of likely N-dealkylation sites (N-methyl/N-ethyl adjacent to an activating group) is 1. The Hall–Kier alpha value is -3.30. The summed E-state index contributed by atoms with van der Waals surface area (Å²) in [6, 6.07) is 13.3. The smallest absolute Gasteiger partial charge is 0.240 e. The van der Waals surface area contributed by atoms with Crippen LogP contribution in [0.1, 0.15) is 38.2 Å². The van der Waals surface area contributed by atoms with Gasteiger partial charge in [0.1, 0.15) is 5.75 Å². The molecule has 2 N–H and O–H groups in total. The normalized spacial score (nSPS) is 24.1. The van der Waals surface area contributed by atoms with Gasteiger partial charge >= 0.3 is 0 Å². The van der Waals surface area contributed by atoms with Crippen LogP contribution >= 0.6 is 0 Å². The zero-order valence-electron chi connectivity index (χ0n) is 20.3. The van der Waals surface area contributed by atoms with E-state index in [9.17, 15) is 14.4 Å². The summed E-state index contributed by atoms with van der Waals surface area (Å²) in [5.74, 6) is -0.0874. The van der Waals surface area contributed by atoms with Gasteiger partial charge in [-0.25, -0.2) is 0 Å². The quantitative estimate of drug-likeness (QED) is 0.394. The Kier molecular flexibility index (Phi) is 7.77. The number of nitrogens with one attached hydrogen (secondary N) is 2. The maximum absolute atomic E-state index is 13.7. The first-order chi connectivity index (χ1) is 16.9. The summed E-state index contributed by atoms with van der Waals surface area (Å²) in [4.78, 5) is 47.0. The fourth-order valence-electron chi connectivity index (χ4n) is 4.85. The van der Waals surface area contributed by atoms with Gasteiger partial charge in [0.05, 0.1) is 18.2 Å². The van der Waals surface area contributed by atoms with Crippen molar-refractivity contribution in [2.45, 2.75) is 50.1 Å². The SMILES string of the molecule is CC1CC(CN(C)C(=O)CC2(c3ccccc3)CC(=O)N(CCCOc3cccnc3)C2=O)NN1. The van der Waals surface area contributed by atoms with E-state index in [4.69, 9.17) is 4.74 Å². The molecule has 3 amide bonds. The van der Waals surface area contributed by atoms with Crippen LogP contribution in [0.25, 0.3) is 0 Å². The van der Waals surface area contributed by atoms with E-state index in [1.165, 1.54) is 4.90 Å². The molecule has 2 aliphatic heterocycles. The Morgan fingerprint density at radius 1 is 1.20 bits per heavy atom. The summed E-state index contributed by atoms with van der Waals surface area (Å²) in [7, 11) is 1.75. The van der Waals surface area contributed by atoms with E-state index in [0.29, 0.717) is 36.9 Å². The van der Waals surface area contributed by atoms with Crippen LogP contribution in [0.2, 0.25) is 0 Å². The number of amides is 3. The van der Waals surface area contributed by atoms with Gasteiger partial charge in [-0.2, -0.15) is 0 Å². The van der Waals surface area contributed by atoms with E-state index in [1.807, 2.05) is 30.3 Å². The highest BCUT2D eigenvalue weighted by molar-refractivity contribution is 6.10. The first-order valence-corrected chi connectivity index (χ1v) is 12.1. The summed E-state index contributed by atoms with van der Waals surface area (Å²) in [5, 5.41) is 0. The molecule has 3 heterocycles. The van der Waals surface area contributed by atoms with Gasteiger partial charge in [0.25, 0.3) is 0 Å². The molecule has 1 aromatic carbocycles. The minimum Gasteiger partial charge on any atom is -0.492 e. The lowest BCUT2D eigenvalue weighted by Gasteiger charge is -2.30. The largest absolute Gasteiger partial charge is 0.492 e. The van der Waals surface area contributed by atoms with Gasteiger partial charge < -0.3 is 9.64 Å². The van der Waals surface area contributed by atoms with Gasteiger partial charge in [-0.15, -0.1) is 0 Å². The number of carbonyl (C=O) groups excluding carboxylic acids is 3. The molecule has 2 fully saturated rings. The Labute approximate surface area is 205 Å². The van der Waals surface area contributed by atoms with Crippen LogP contribution in [0.3, 0.4) is 0 Å². The first-order valence-electron chi connectivity index (χ1n) is 12.1. The molecule has 2 aliphatic rings. The zero-order valence-corrected chi connectivity index (χ0v) is 20.3. The number of aromatic nitrogens is 1. The number of benzene rings is 1. The minimum absolute atomic E-state index is 0.0147. The molecule has 9 heteroatoms. The van der Waals surface area contributed by atoms with Crippen molar-refractivity contribution >= 4 is 17.7 Å². The van der Waals surface area contributed by atoms with Gasteiger partial charge in [0.2, 0.25) is 17.7 Å². The topological polar surface area (TPSA) is 104 Å². The number of carbonyl (C=O) groups is 3. The number of imide groups is 1. The highest BCUT2D eigenvalue weighted by Gasteiger charge is 2.53. The van der Waals surface area contributed by atoms with Gasteiger partial charge in [-0.3, -0.25) is 35.1 Å². The van der Waals surface area contributed by atoms with E-state index in [-0.39, 0.29) is 43.1 Å². The fourth-order valence-corrected chi connectivity index (χ4v) is 4.85. The number of nitrogens with zero attached hydrogens (tertiary/aromatic N) is 3. The molecule has 4 rings (SSSR count). The van der Waals surface area contributed by atoms with Gasteiger partial charge in [0, 0.05) is 51.3 Å². The molecule has 0 radical (unpaired) electrons. The van der Waals surface area contributed by atoms with Crippen LogP contribution in [-0.2, 0) is 19.8 Å².